The lowest BCUT2D eigenvalue weighted by molar-refractivity contribution is -0.117. The van der Waals surface area contributed by atoms with Crippen LogP contribution in [-0.2, 0) is 11.2 Å². The van der Waals surface area contributed by atoms with Crippen molar-refractivity contribution in [1.82, 2.24) is 0 Å². The molecule has 0 aromatic heterocycles. The van der Waals surface area contributed by atoms with E-state index in [-0.39, 0.29) is 11.9 Å². The quantitative estimate of drug-likeness (QED) is 0.819. The summed E-state index contributed by atoms with van der Waals surface area (Å²) in [6, 6.07) is 13.1. The molecule has 3 N–H and O–H groups in total. The zero-order chi connectivity index (χ0) is 17.8. The second-order valence-electron chi connectivity index (χ2n) is 6.24. The fraction of sp³-hybridized carbons (Fsp3) is 0.350. The minimum Gasteiger partial charge on any atom is -0.492 e. The number of nitrogens with two attached hydrogens (primary N) is 1. The number of rotatable bonds is 5. The average molecular weight is 339 g/mol. The molecular weight excluding hydrogens is 314 g/mol. The Morgan fingerprint density at radius 3 is 2.88 bits per heavy atom. The molecule has 3 rings (SSSR count). The third kappa shape index (κ3) is 3.55. The van der Waals surface area contributed by atoms with E-state index in [4.69, 9.17) is 10.5 Å². The molecule has 1 aliphatic rings. The second kappa shape index (κ2) is 7.47. The highest BCUT2D eigenvalue weighted by atomic mass is 16.5. The summed E-state index contributed by atoms with van der Waals surface area (Å²) in [5, 5.41) is 3.00. The van der Waals surface area contributed by atoms with Gasteiger partial charge in [-0.1, -0.05) is 18.2 Å². The normalized spacial score (nSPS) is 14.6. The summed E-state index contributed by atoms with van der Waals surface area (Å²) in [7, 11) is 0. The number of nitrogens with zero attached hydrogens (tertiary/aromatic N) is 1. The van der Waals surface area contributed by atoms with Gasteiger partial charge in [-0.3, -0.25) is 4.79 Å². The Kier molecular flexibility index (Phi) is 5.12. The van der Waals surface area contributed by atoms with Gasteiger partial charge in [0.05, 0.1) is 12.3 Å². The number of para-hydroxylation sites is 2. The Balaban J connectivity index is 1.80. The van der Waals surface area contributed by atoms with E-state index in [0.717, 1.165) is 36.3 Å². The highest BCUT2D eigenvalue weighted by Gasteiger charge is 2.27. The fourth-order valence-corrected chi connectivity index (χ4v) is 3.31. The maximum Gasteiger partial charge on any atom is 0.246 e. The van der Waals surface area contributed by atoms with Gasteiger partial charge in [0.1, 0.15) is 11.8 Å². The summed E-state index contributed by atoms with van der Waals surface area (Å²) in [6.07, 6.45) is 1.95. The molecule has 0 saturated heterocycles. The molecule has 2 aromatic carbocycles. The van der Waals surface area contributed by atoms with E-state index in [0.29, 0.717) is 18.0 Å². The average Bonchev–Trinajstić information content (AvgIpc) is 2.63. The third-order valence-corrected chi connectivity index (χ3v) is 4.61. The van der Waals surface area contributed by atoms with Crippen LogP contribution in [0.5, 0.6) is 5.75 Å². The van der Waals surface area contributed by atoms with Crippen molar-refractivity contribution in [2.45, 2.75) is 32.7 Å². The topological polar surface area (TPSA) is 67.6 Å². The van der Waals surface area contributed by atoms with E-state index < -0.39 is 0 Å². The lowest BCUT2D eigenvalue weighted by atomic mass is 9.98. The Hall–Kier alpha value is -2.69. The van der Waals surface area contributed by atoms with Crippen molar-refractivity contribution in [3.8, 4) is 5.75 Å². The van der Waals surface area contributed by atoms with Crippen LogP contribution in [0.2, 0.25) is 0 Å². The first kappa shape index (κ1) is 17.1. The molecule has 2 aromatic rings. The predicted molar refractivity (Wildman–Crippen MR) is 102 cm³/mol. The van der Waals surface area contributed by atoms with E-state index in [1.165, 1.54) is 0 Å². The van der Waals surface area contributed by atoms with Crippen LogP contribution in [0.25, 0.3) is 0 Å². The molecule has 0 saturated carbocycles. The highest BCUT2D eigenvalue weighted by molar-refractivity contribution is 5.98. The number of ether oxygens (including phenoxy) is 1. The van der Waals surface area contributed by atoms with Crippen LogP contribution in [-0.4, -0.2) is 25.1 Å². The van der Waals surface area contributed by atoms with Gasteiger partial charge in [-0.15, -0.1) is 0 Å². The summed E-state index contributed by atoms with van der Waals surface area (Å²) in [4.78, 5) is 15.0. The maximum absolute atomic E-state index is 12.8. The van der Waals surface area contributed by atoms with Crippen LogP contribution in [0.4, 0.5) is 17.1 Å². The van der Waals surface area contributed by atoms with Gasteiger partial charge < -0.3 is 20.7 Å². The monoisotopic (exact) mass is 339 g/mol. The van der Waals surface area contributed by atoms with Crippen LogP contribution in [0.15, 0.2) is 42.5 Å². The minimum absolute atomic E-state index is 0.0533. The summed E-state index contributed by atoms with van der Waals surface area (Å²) >= 11 is 0. The molecule has 0 aliphatic carbocycles. The van der Waals surface area contributed by atoms with E-state index in [1.807, 2.05) is 56.3 Å². The molecule has 0 radical (unpaired) electrons. The van der Waals surface area contributed by atoms with Crippen LogP contribution in [0, 0.1) is 0 Å². The number of carbonyl (C=O) groups excluding carboxylic acids is 1. The molecule has 1 unspecified atom stereocenters. The number of nitrogens with one attached hydrogen (secondary N) is 1. The molecule has 1 amide bonds. The minimum atomic E-state index is -0.296. The zero-order valence-electron chi connectivity index (χ0n) is 14.8. The smallest absolute Gasteiger partial charge is 0.246 e. The third-order valence-electron chi connectivity index (χ3n) is 4.61. The van der Waals surface area contributed by atoms with E-state index in [1.54, 1.807) is 0 Å². The zero-order valence-corrected chi connectivity index (χ0v) is 14.8. The molecule has 0 spiro atoms. The van der Waals surface area contributed by atoms with E-state index in [2.05, 4.69) is 10.2 Å². The molecular formula is C20H25N3O2. The van der Waals surface area contributed by atoms with Gasteiger partial charge in [0.15, 0.2) is 0 Å². The van der Waals surface area contributed by atoms with Gasteiger partial charge >= 0.3 is 0 Å². The lowest BCUT2D eigenvalue weighted by Gasteiger charge is -2.36. The summed E-state index contributed by atoms with van der Waals surface area (Å²) in [5.41, 5.74) is 9.82. The number of anilines is 3. The molecule has 25 heavy (non-hydrogen) atoms. The first-order chi connectivity index (χ1) is 12.1. The van der Waals surface area contributed by atoms with Gasteiger partial charge in [-0.25, -0.2) is 0 Å². The SMILES string of the molecule is CCOc1ccccc1NC(=O)C(C)N1CCCc2c(N)cccc21. The Morgan fingerprint density at radius 1 is 1.28 bits per heavy atom. The Labute approximate surface area is 148 Å². The number of nitrogen functional groups attached to an aromatic ring is 1. The lowest BCUT2D eigenvalue weighted by Crippen LogP contribution is -2.44. The van der Waals surface area contributed by atoms with Crippen molar-refractivity contribution in [2.24, 2.45) is 0 Å². The van der Waals surface area contributed by atoms with Crippen molar-refractivity contribution in [1.29, 1.82) is 0 Å². The second-order valence-corrected chi connectivity index (χ2v) is 6.24. The van der Waals surface area contributed by atoms with Crippen molar-refractivity contribution in [2.75, 3.05) is 29.1 Å². The molecule has 1 atom stereocenters. The molecule has 1 aliphatic heterocycles. The van der Waals surface area contributed by atoms with Crippen molar-refractivity contribution in [3.63, 3.8) is 0 Å². The number of amides is 1. The standard InChI is InChI=1S/C20H25N3O2/c1-3-25-19-12-5-4-10-17(19)22-20(24)14(2)23-13-7-8-15-16(21)9-6-11-18(15)23/h4-6,9-12,14H,3,7-8,13,21H2,1-2H3,(H,22,24). The molecule has 132 valence electrons. The highest BCUT2D eigenvalue weighted by Crippen LogP contribution is 2.33. The van der Waals surface area contributed by atoms with Crippen molar-refractivity contribution in [3.05, 3.63) is 48.0 Å². The molecule has 0 bridgehead atoms. The van der Waals surface area contributed by atoms with Crippen LogP contribution in [0.1, 0.15) is 25.8 Å². The number of fused-ring (bicyclic) bond motifs is 1. The first-order valence-corrected chi connectivity index (χ1v) is 8.78. The molecule has 5 heteroatoms. The number of benzene rings is 2. The Bertz CT molecular complexity index is 760. The van der Waals surface area contributed by atoms with E-state index in [9.17, 15) is 4.79 Å². The first-order valence-electron chi connectivity index (χ1n) is 8.78. The summed E-state index contributed by atoms with van der Waals surface area (Å²) in [6.45, 7) is 5.26. The van der Waals surface area contributed by atoms with Gasteiger partial charge in [0.25, 0.3) is 0 Å². The van der Waals surface area contributed by atoms with Crippen LogP contribution in [0.3, 0.4) is 0 Å². The largest absolute Gasteiger partial charge is 0.492 e. The predicted octanol–water partition coefficient (Wildman–Crippen LogP) is 3.45. The molecule has 5 nitrogen and oxygen atoms in total. The van der Waals surface area contributed by atoms with Gasteiger partial charge in [0.2, 0.25) is 5.91 Å². The summed E-state index contributed by atoms with van der Waals surface area (Å²) < 4.78 is 5.59. The fourth-order valence-electron chi connectivity index (χ4n) is 3.31. The molecule has 0 fully saturated rings. The number of hydrogen-bond donors (Lipinski definition) is 2. The summed E-state index contributed by atoms with van der Waals surface area (Å²) in [5.74, 6) is 0.635. The number of carbonyl (C=O) groups is 1. The van der Waals surface area contributed by atoms with Crippen LogP contribution < -0.4 is 20.7 Å². The van der Waals surface area contributed by atoms with Crippen LogP contribution >= 0.6 is 0 Å². The Morgan fingerprint density at radius 2 is 2.08 bits per heavy atom. The van der Waals surface area contributed by atoms with Crippen molar-refractivity contribution >= 4 is 23.0 Å². The van der Waals surface area contributed by atoms with Gasteiger partial charge in [-0.2, -0.15) is 0 Å². The number of hydrogen-bond acceptors (Lipinski definition) is 4. The maximum atomic E-state index is 12.8. The van der Waals surface area contributed by atoms with Crippen molar-refractivity contribution < 1.29 is 9.53 Å². The van der Waals surface area contributed by atoms with E-state index >= 15 is 0 Å². The molecule has 1 heterocycles. The van der Waals surface area contributed by atoms with Gasteiger partial charge in [-0.05, 0) is 56.5 Å². The van der Waals surface area contributed by atoms with Gasteiger partial charge in [0, 0.05) is 17.9 Å².